The molecule has 1 unspecified atom stereocenters. The first kappa shape index (κ1) is 14.3. The summed E-state index contributed by atoms with van der Waals surface area (Å²) in [6, 6.07) is 1.94. The molecule has 18 heavy (non-hydrogen) atoms. The topological polar surface area (TPSA) is 73.6 Å². The normalized spacial score (nSPS) is 18.9. The van der Waals surface area contributed by atoms with Gasteiger partial charge in [-0.05, 0) is 19.8 Å². The third-order valence-electron chi connectivity index (χ3n) is 2.98. The molecule has 1 fully saturated rings. The Kier molecular flexibility index (Phi) is 5.43. The van der Waals surface area contributed by atoms with Crippen LogP contribution in [-0.2, 0) is 9.53 Å². The van der Waals surface area contributed by atoms with Crippen LogP contribution in [0.1, 0.15) is 19.8 Å². The van der Waals surface area contributed by atoms with Gasteiger partial charge < -0.3 is 14.5 Å². The Labute approximate surface area is 107 Å². The maximum atomic E-state index is 12.0. The van der Waals surface area contributed by atoms with Gasteiger partial charge in [0.05, 0.1) is 18.6 Å². The third-order valence-corrected chi connectivity index (χ3v) is 2.98. The molecule has 0 bridgehead atoms. The lowest BCUT2D eigenvalue weighted by atomic mass is 9.97. The molecule has 0 aromatic heterocycles. The quantitative estimate of drug-likeness (QED) is 0.698. The van der Waals surface area contributed by atoms with E-state index in [2.05, 4.69) is 0 Å². The van der Waals surface area contributed by atoms with Crippen LogP contribution in [0.3, 0.4) is 0 Å². The molecule has 1 aliphatic heterocycles. The van der Waals surface area contributed by atoms with Gasteiger partial charge in [0.2, 0.25) is 5.91 Å². The van der Waals surface area contributed by atoms with Crippen molar-refractivity contribution in [3.05, 3.63) is 0 Å². The molecular formula is C12H19N3O3. The smallest absolute Gasteiger partial charge is 0.409 e. The summed E-state index contributed by atoms with van der Waals surface area (Å²) in [6.07, 6.45) is 1.18. The van der Waals surface area contributed by atoms with Crippen molar-refractivity contribution < 1.29 is 14.3 Å². The fourth-order valence-electron chi connectivity index (χ4n) is 2.05. The highest BCUT2D eigenvalue weighted by atomic mass is 16.6. The number of ether oxygens (including phenoxy) is 1. The van der Waals surface area contributed by atoms with Gasteiger partial charge in [-0.2, -0.15) is 5.26 Å². The molecule has 1 heterocycles. The summed E-state index contributed by atoms with van der Waals surface area (Å²) in [6.45, 7) is 3.18. The molecule has 0 aromatic rings. The fourth-order valence-corrected chi connectivity index (χ4v) is 2.05. The summed E-state index contributed by atoms with van der Waals surface area (Å²) in [5.41, 5.74) is 0. The van der Waals surface area contributed by atoms with Gasteiger partial charge in [-0.25, -0.2) is 4.79 Å². The van der Waals surface area contributed by atoms with Crippen molar-refractivity contribution in [1.82, 2.24) is 9.80 Å². The lowest BCUT2D eigenvalue weighted by Crippen LogP contribution is -2.46. The monoisotopic (exact) mass is 253 g/mol. The van der Waals surface area contributed by atoms with E-state index in [9.17, 15) is 9.59 Å². The van der Waals surface area contributed by atoms with Crippen molar-refractivity contribution in [2.24, 2.45) is 5.92 Å². The van der Waals surface area contributed by atoms with E-state index >= 15 is 0 Å². The van der Waals surface area contributed by atoms with Crippen LogP contribution in [-0.4, -0.2) is 55.1 Å². The zero-order valence-electron chi connectivity index (χ0n) is 10.9. The predicted molar refractivity (Wildman–Crippen MR) is 64.6 cm³/mol. The number of rotatable bonds is 3. The van der Waals surface area contributed by atoms with Crippen molar-refractivity contribution in [1.29, 1.82) is 5.26 Å². The van der Waals surface area contributed by atoms with Crippen LogP contribution in [0.5, 0.6) is 0 Å². The molecule has 0 aromatic carbocycles. The van der Waals surface area contributed by atoms with Gasteiger partial charge in [0.1, 0.15) is 6.54 Å². The van der Waals surface area contributed by atoms with Crippen LogP contribution < -0.4 is 0 Å². The van der Waals surface area contributed by atoms with Gasteiger partial charge in [-0.3, -0.25) is 4.79 Å². The molecule has 1 atom stereocenters. The van der Waals surface area contributed by atoms with E-state index in [-0.39, 0.29) is 24.5 Å². The second kappa shape index (κ2) is 6.84. The number of hydrogen-bond donors (Lipinski definition) is 0. The van der Waals surface area contributed by atoms with Crippen LogP contribution in [0.25, 0.3) is 0 Å². The summed E-state index contributed by atoms with van der Waals surface area (Å²) in [5.74, 6) is -0.299. The van der Waals surface area contributed by atoms with E-state index < -0.39 is 0 Å². The lowest BCUT2D eigenvalue weighted by molar-refractivity contribution is -0.135. The Balaban J connectivity index is 2.56. The second-order valence-electron chi connectivity index (χ2n) is 4.34. The number of amides is 2. The minimum Gasteiger partial charge on any atom is -0.450 e. The number of hydrogen-bond acceptors (Lipinski definition) is 4. The predicted octanol–water partition coefficient (Wildman–Crippen LogP) is 0.837. The average Bonchev–Trinajstić information content (AvgIpc) is 2.38. The van der Waals surface area contributed by atoms with E-state index in [0.717, 1.165) is 12.8 Å². The van der Waals surface area contributed by atoms with E-state index in [1.165, 1.54) is 4.90 Å². The lowest BCUT2D eigenvalue weighted by Gasteiger charge is -2.32. The highest BCUT2D eigenvalue weighted by Gasteiger charge is 2.30. The minimum absolute atomic E-state index is 0.0781. The summed E-state index contributed by atoms with van der Waals surface area (Å²) in [5, 5.41) is 8.57. The van der Waals surface area contributed by atoms with Crippen molar-refractivity contribution in [2.45, 2.75) is 19.8 Å². The third kappa shape index (κ3) is 3.62. The SMILES string of the molecule is CCOC(=O)N1CCCC(C(=O)N(C)CC#N)C1. The van der Waals surface area contributed by atoms with E-state index in [4.69, 9.17) is 10.00 Å². The van der Waals surface area contributed by atoms with Crippen molar-refractivity contribution >= 4 is 12.0 Å². The maximum Gasteiger partial charge on any atom is 0.409 e. The molecule has 0 aliphatic carbocycles. The van der Waals surface area contributed by atoms with Gasteiger partial charge in [0.25, 0.3) is 0 Å². The van der Waals surface area contributed by atoms with Crippen LogP contribution in [0.2, 0.25) is 0 Å². The average molecular weight is 253 g/mol. The zero-order valence-corrected chi connectivity index (χ0v) is 10.9. The number of nitriles is 1. The zero-order chi connectivity index (χ0) is 13.5. The maximum absolute atomic E-state index is 12.0. The molecule has 100 valence electrons. The van der Waals surface area contributed by atoms with Crippen molar-refractivity contribution in [3.63, 3.8) is 0 Å². The summed E-state index contributed by atoms with van der Waals surface area (Å²) < 4.78 is 4.93. The summed E-state index contributed by atoms with van der Waals surface area (Å²) >= 11 is 0. The first-order valence-corrected chi connectivity index (χ1v) is 6.13. The summed E-state index contributed by atoms with van der Waals surface area (Å²) in [7, 11) is 1.61. The minimum atomic E-state index is -0.363. The Bertz CT molecular complexity index is 351. The number of likely N-dealkylation sites (tertiary alicyclic amines) is 1. The highest BCUT2D eigenvalue weighted by molar-refractivity contribution is 5.80. The highest BCUT2D eigenvalue weighted by Crippen LogP contribution is 2.19. The van der Waals surface area contributed by atoms with Gasteiger partial charge >= 0.3 is 6.09 Å². The summed E-state index contributed by atoms with van der Waals surface area (Å²) in [4.78, 5) is 26.6. The van der Waals surface area contributed by atoms with Crippen LogP contribution in [0, 0.1) is 17.2 Å². The van der Waals surface area contributed by atoms with E-state index in [0.29, 0.717) is 19.7 Å². The fraction of sp³-hybridized carbons (Fsp3) is 0.750. The van der Waals surface area contributed by atoms with Crippen molar-refractivity contribution in [2.75, 3.05) is 33.3 Å². The number of nitrogens with zero attached hydrogens (tertiary/aromatic N) is 3. The Morgan fingerprint density at radius 1 is 1.56 bits per heavy atom. The molecule has 6 nitrogen and oxygen atoms in total. The molecule has 0 spiro atoms. The van der Waals surface area contributed by atoms with E-state index in [1.807, 2.05) is 6.07 Å². The first-order chi connectivity index (χ1) is 8.60. The molecule has 1 saturated heterocycles. The molecule has 0 saturated carbocycles. The van der Waals surface area contributed by atoms with E-state index in [1.54, 1.807) is 18.9 Å². The van der Waals surface area contributed by atoms with Gasteiger partial charge in [0.15, 0.2) is 0 Å². The molecule has 0 radical (unpaired) electrons. The second-order valence-corrected chi connectivity index (χ2v) is 4.34. The van der Waals surface area contributed by atoms with Gasteiger partial charge in [-0.15, -0.1) is 0 Å². The Morgan fingerprint density at radius 3 is 2.89 bits per heavy atom. The largest absolute Gasteiger partial charge is 0.450 e. The Morgan fingerprint density at radius 2 is 2.28 bits per heavy atom. The number of piperidine rings is 1. The number of carbonyl (C=O) groups excluding carboxylic acids is 2. The van der Waals surface area contributed by atoms with Gasteiger partial charge in [0, 0.05) is 20.1 Å². The molecule has 6 heteroatoms. The van der Waals surface area contributed by atoms with Gasteiger partial charge in [-0.1, -0.05) is 0 Å². The van der Waals surface area contributed by atoms with Crippen LogP contribution in [0.4, 0.5) is 4.79 Å². The molecule has 0 N–H and O–H groups in total. The van der Waals surface area contributed by atoms with Crippen LogP contribution >= 0.6 is 0 Å². The number of carbonyl (C=O) groups is 2. The van der Waals surface area contributed by atoms with Crippen molar-refractivity contribution in [3.8, 4) is 6.07 Å². The Hall–Kier alpha value is -1.77. The molecule has 2 amide bonds. The molecule has 1 aliphatic rings. The molecular weight excluding hydrogens is 234 g/mol. The van der Waals surface area contributed by atoms with Crippen LogP contribution in [0.15, 0.2) is 0 Å². The molecule has 1 rings (SSSR count). The first-order valence-electron chi connectivity index (χ1n) is 6.13. The standard InChI is InChI=1S/C12H19N3O3/c1-3-18-12(17)15-7-4-5-10(9-15)11(16)14(2)8-6-13/h10H,3-5,7-9H2,1-2H3.